The van der Waals surface area contributed by atoms with E-state index in [1.54, 1.807) is 7.05 Å². The minimum Gasteiger partial charge on any atom is -0.459 e. The van der Waals surface area contributed by atoms with Crippen LogP contribution in [0.2, 0.25) is 0 Å². The quantitative estimate of drug-likeness (QED) is 0.603. The minimum absolute atomic E-state index is 0.0388. The summed E-state index contributed by atoms with van der Waals surface area (Å²) in [6.45, 7) is 0.647. The number of unbranched alkanes of at least 4 members (excludes halogenated alkanes) is 1. The van der Waals surface area contributed by atoms with Gasteiger partial charge in [-0.1, -0.05) is 42.5 Å². The van der Waals surface area contributed by atoms with E-state index in [0.29, 0.717) is 25.2 Å². The van der Waals surface area contributed by atoms with Crippen LogP contribution in [-0.4, -0.2) is 37.6 Å². The Balaban J connectivity index is 1.58. The molecule has 5 heteroatoms. The number of benzene rings is 2. The smallest absolute Gasteiger partial charge is 0.285 e. The monoisotopic (exact) mass is 393 g/mol. The van der Waals surface area contributed by atoms with Gasteiger partial charge in [0.05, 0.1) is 6.61 Å². The second-order valence-electron chi connectivity index (χ2n) is 7.55. The maximum Gasteiger partial charge on any atom is 0.285 e. The molecule has 152 valence electrons. The number of likely N-dealkylation sites (N-methyl/N-ethyl adjacent to an activating group) is 1. The summed E-state index contributed by atoms with van der Waals surface area (Å²) in [7, 11) is 1.60. The highest BCUT2D eigenvalue weighted by atomic mass is 16.7. The molecule has 2 aliphatic rings. The zero-order chi connectivity index (χ0) is 20.2. The standard InChI is InChI=1S/C24H27NO4/c1-25-24(27)22-14-19(15-23(29-22)28-11-5-4-10-26)16-8-9-18-12-17-6-2-3-7-20(17)21(18)13-16/h2-3,6-9,13-14,19,23,26H,4-5,10-12,15H2,1H3,(H,25,27)/t19-,23+/m1/s1. The van der Waals surface area contributed by atoms with Crippen molar-refractivity contribution in [3.05, 3.63) is 71.0 Å². The number of rotatable bonds is 7. The summed E-state index contributed by atoms with van der Waals surface area (Å²) in [5.74, 6) is 0.0962. The van der Waals surface area contributed by atoms with Crippen LogP contribution in [0, 0.1) is 0 Å². The van der Waals surface area contributed by atoms with Crippen molar-refractivity contribution in [3.8, 4) is 11.1 Å². The second-order valence-corrected chi connectivity index (χ2v) is 7.55. The van der Waals surface area contributed by atoms with Crippen LogP contribution in [0.15, 0.2) is 54.3 Å². The van der Waals surface area contributed by atoms with E-state index in [2.05, 4.69) is 47.8 Å². The van der Waals surface area contributed by atoms with Crippen molar-refractivity contribution in [1.82, 2.24) is 5.32 Å². The number of amides is 1. The molecule has 2 aromatic rings. The van der Waals surface area contributed by atoms with Gasteiger partial charge in [-0.2, -0.15) is 0 Å². The van der Waals surface area contributed by atoms with Gasteiger partial charge in [-0.25, -0.2) is 0 Å². The summed E-state index contributed by atoms with van der Waals surface area (Å²) >= 11 is 0. The molecular formula is C24H27NO4. The molecule has 0 bridgehead atoms. The molecule has 2 atom stereocenters. The lowest BCUT2D eigenvalue weighted by Gasteiger charge is -2.29. The number of aliphatic hydroxyl groups excluding tert-OH is 1. The molecule has 2 N–H and O–H groups in total. The highest BCUT2D eigenvalue weighted by Crippen LogP contribution is 2.40. The van der Waals surface area contributed by atoms with Crippen molar-refractivity contribution in [3.63, 3.8) is 0 Å². The molecule has 2 aromatic carbocycles. The van der Waals surface area contributed by atoms with Gasteiger partial charge in [0, 0.05) is 26.0 Å². The average Bonchev–Trinajstić information content (AvgIpc) is 3.14. The van der Waals surface area contributed by atoms with Crippen LogP contribution in [0.25, 0.3) is 11.1 Å². The molecule has 1 aliphatic carbocycles. The fraction of sp³-hybridized carbons (Fsp3) is 0.375. The Morgan fingerprint density at radius 2 is 2.00 bits per heavy atom. The number of nitrogens with one attached hydrogen (secondary N) is 1. The maximum absolute atomic E-state index is 12.2. The molecule has 0 spiro atoms. The molecule has 4 rings (SSSR count). The lowest BCUT2D eigenvalue weighted by molar-refractivity contribution is -0.146. The van der Waals surface area contributed by atoms with Crippen LogP contribution in [0.3, 0.4) is 0 Å². The molecule has 1 aliphatic heterocycles. The van der Waals surface area contributed by atoms with Gasteiger partial charge in [-0.15, -0.1) is 0 Å². The van der Waals surface area contributed by atoms with Crippen LogP contribution in [0.5, 0.6) is 0 Å². The Morgan fingerprint density at radius 3 is 2.83 bits per heavy atom. The number of carbonyl (C=O) groups excluding carboxylic acids is 1. The third-order valence-corrected chi connectivity index (χ3v) is 5.61. The van der Waals surface area contributed by atoms with Crippen molar-refractivity contribution in [2.75, 3.05) is 20.3 Å². The van der Waals surface area contributed by atoms with Gasteiger partial charge in [0.1, 0.15) is 0 Å². The number of allylic oxidation sites excluding steroid dienone is 1. The van der Waals surface area contributed by atoms with E-state index < -0.39 is 6.29 Å². The third-order valence-electron chi connectivity index (χ3n) is 5.61. The zero-order valence-corrected chi connectivity index (χ0v) is 16.7. The van der Waals surface area contributed by atoms with Crippen LogP contribution in [0.4, 0.5) is 0 Å². The maximum atomic E-state index is 12.2. The van der Waals surface area contributed by atoms with Crippen molar-refractivity contribution in [2.24, 2.45) is 0 Å². The van der Waals surface area contributed by atoms with E-state index in [0.717, 1.165) is 18.4 Å². The summed E-state index contributed by atoms with van der Waals surface area (Å²) in [6, 6.07) is 15.1. The fourth-order valence-electron chi connectivity index (χ4n) is 4.07. The first-order valence-electron chi connectivity index (χ1n) is 10.2. The number of ether oxygens (including phenoxy) is 2. The molecule has 0 fully saturated rings. The predicted molar refractivity (Wildman–Crippen MR) is 111 cm³/mol. The van der Waals surface area contributed by atoms with E-state index in [1.165, 1.54) is 22.3 Å². The third kappa shape index (κ3) is 4.21. The molecule has 5 nitrogen and oxygen atoms in total. The molecule has 29 heavy (non-hydrogen) atoms. The fourth-order valence-corrected chi connectivity index (χ4v) is 4.07. The second kappa shape index (κ2) is 8.80. The largest absolute Gasteiger partial charge is 0.459 e. The highest BCUT2D eigenvalue weighted by molar-refractivity contribution is 5.91. The van der Waals surface area contributed by atoms with Crippen LogP contribution < -0.4 is 5.32 Å². The Bertz CT molecular complexity index is 921. The van der Waals surface area contributed by atoms with E-state index in [-0.39, 0.29) is 18.4 Å². The Hall–Kier alpha value is -2.63. The van der Waals surface area contributed by atoms with E-state index in [9.17, 15) is 4.79 Å². The summed E-state index contributed by atoms with van der Waals surface area (Å²) in [5, 5.41) is 11.6. The zero-order valence-electron chi connectivity index (χ0n) is 16.7. The van der Waals surface area contributed by atoms with Crippen molar-refractivity contribution < 1.29 is 19.4 Å². The SMILES string of the molecule is CNC(=O)C1=C[C@@H](c2ccc3c(c2)-c2ccccc2C3)C[C@@H](OCCCCO)O1. The summed E-state index contributed by atoms with van der Waals surface area (Å²) < 4.78 is 11.6. The minimum atomic E-state index is -0.475. The summed E-state index contributed by atoms with van der Waals surface area (Å²) in [4.78, 5) is 12.2. The molecule has 0 aromatic heterocycles. The number of hydrogen-bond donors (Lipinski definition) is 2. The van der Waals surface area contributed by atoms with Crippen molar-refractivity contribution in [2.45, 2.75) is 37.9 Å². The molecule has 0 saturated heterocycles. The first-order valence-corrected chi connectivity index (χ1v) is 10.2. The Kier molecular flexibility index (Phi) is 5.97. The van der Waals surface area contributed by atoms with Gasteiger partial charge in [-0.3, -0.25) is 4.79 Å². The van der Waals surface area contributed by atoms with Crippen LogP contribution in [-0.2, 0) is 20.7 Å². The summed E-state index contributed by atoms with van der Waals surface area (Å²) in [5.41, 5.74) is 6.44. The average molecular weight is 393 g/mol. The van der Waals surface area contributed by atoms with Gasteiger partial charge < -0.3 is 19.9 Å². The van der Waals surface area contributed by atoms with Gasteiger partial charge in [0.25, 0.3) is 5.91 Å². The number of fused-ring (bicyclic) bond motifs is 3. The highest BCUT2D eigenvalue weighted by Gasteiger charge is 2.29. The van der Waals surface area contributed by atoms with Gasteiger partial charge in [0.2, 0.25) is 6.29 Å². The molecule has 1 amide bonds. The van der Waals surface area contributed by atoms with E-state index in [1.807, 2.05) is 6.08 Å². The van der Waals surface area contributed by atoms with Gasteiger partial charge >= 0.3 is 0 Å². The van der Waals surface area contributed by atoms with E-state index >= 15 is 0 Å². The Labute approximate surface area is 171 Å². The van der Waals surface area contributed by atoms with E-state index in [4.69, 9.17) is 14.6 Å². The lowest BCUT2D eigenvalue weighted by atomic mass is 9.90. The summed E-state index contributed by atoms with van der Waals surface area (Å²) in [6.07, 6.45) is 4.50. The van der Waals surface area contributed by atoms with Crippen molar-refractivity contribution >= 4 is 5.91 Å². The first-order chi connectivity index (χ1) is 14.2. The first kappa shape index (κ1) is 19.7. The molecule has 0 saturated carbocycles. The van der Waals surface area contributed by atoms with Gasteiger partial charge in [-0.05, 0) is 53.2 Å². The lowest BCUT2D eigenvalue weighted by Crippen LogP contribution is -2.31. The molecule has 1 heterocycles. The molecule has 0 radical (unpaired) electrons. The number of carbonyl (C=O) groups is 1. The number of aliphatic hydroxyl groups is 1. The topological polar surface area (TPSA) is 67.8 Å². The van der Waals surface area contributed by atoms with Gasteiger partial charge in [0.15, 0.2) is 5.76 Å². The molecule has 0 unspecified atom stereocenters. The molecular weight excluding hydrogens is 366 g/mol. The normalized spacial score (nSPS) is 19.7. The van der Waals surface area contributed by atoms with Crippen LogP contribution in [0.1, 0.15) is 41.9 Å². The Morgan fingerprint density at radius 1 is 1.17 bits per heavy atom. The number of hydrogen-bond acceptors (Lipinski definition) is 4. The predicted octanol–water partition coefficient (Wildman–Crippen LogP) is 3.51. The van der Waals surface area contributed by atoms with Crippen molar-refractivity contribution in [1.29, 1.82) is 0 Å². The van der Waals surface area contributed by atoms with Crippen LogP contribution >= 0.6 is 0 Å².